The maximum absolute atomic E-state index is 10.6. The standard InChI is InChI=1S/C12H8N2O4/c15-8-9-4-5-12(13-7-9)18-11-3-1-2-10(6-11)14(16)17/h1-8H. The van der Waals surface area contributed by atoms with Gasteiger partial charge in [-0.15, -0.1) is 0 Å². The fourth-order valence-corrected chi connectivity index (χ4v) is 1.30. The molecule has 0 N–H and O–H groups in total. The molecular formula is C12H8N2O4. The second-order valence-electron chi connectivity index (χ2n) is 3.40. The summed E-state index contributed by atoms with van der Waals surface area (Å²) in [5, 5.41) is 10.6. The van der Waals surface area contributed by atoms with Crippen LogP contribution >= 0.6 is 0 Å². The van der Waals surface area contributed by atoms with Crippen LogP contribution in [0, 0.1) is 10.1 Å². The zero-order chi connectivity index (χ0) is 13.0. The lowest BCUT2D eigenvalue weighted by molar-refractivity contribution is -0.384. The average molecular weight is 244 g/mol. The summed E-state index contributed by atoms with van der Waals surface area (Å²) in [6.45, 7) is 0. The smallest absolute Gasteiger partial charge is 0.273 e. The lowest BCUT2D eigenvalue weighted by atomic mass is 10.3. The van der Waals surface area contributed by atoms with E-state index in [9.17, 15) is 14.9 Å². The van der Waals surface area contributed by atoms with E-state index in [1.54, 1.807) is 12.1 Å². The van der Waals surface area contributed by atoms with E-state index in [4.69, 9.17) is 4.74 Å². The van der Waals surface area contributed by atoms with E-state index in [0.717, 1.165) is 0 Å². The van der Waals surface area contributed by atoms with Crippen molar-refractivity contribution in [2.24, 2.45) is 0 Å². The van der Waals surface area contributed by atoms with E-state index in [-0.39, 0.29) is 11.6 Å². The van der Waals surface area contributed by atoms with Crippen LogP contribution in [-0.4, -0.2) is 16.2 Å². The molecule has 0 aliphatic heterocycles. The van der Waals surface area contributed by atoms with E-state index in [1.807, 2.05) is 0 Å². The first-order valence-electron chi connectivity index (χ1n) is 5.02. The van der Waals surface area contributed by atoms with Crippen LogP contribution in [0.5, 0.6) is 11.6 Å². The average Bonchev–Trinajstić information content (AvgIpc) is 2.40. The topological polar surface area (TPSA) is 82.3 Å². The quantitative estimate of drug-likeness (QED) is 0.469. The van der Waals surface area contributed by atoms with Gasteiger partial charge in [0.25, 0.3) is 5.69 Å². The summed E-state index contributed by atoms with van der Waals surface area (Å²) in [5.74, 6) is 0.580. The Kier molecular flexibility index (Phi) is 3.29. The molecule has 0 radical (unpaired) electrons. The molecule has 0 unspecified atom stereocenters. The summed E-state index contributed by atoms with van der Waals surface area (Å²) in [5.41, 5.74) is 0.374. The summed E-state index contributed by atoms with van der Waals surface area (Å²) in [6, 6.07) is 8.84. The SMILES string of the molecule is O=Cc1ccc(Oc2cccc([N+](=O)[O-])c2)nc1. The molecule has 1 aromatic heterocycles. The first-order chi connectivity index (χ1) is 8.69. The van der Waals surface area contributed by atoms with Gasteiger partial charge in [-0.25, -0.2) is 4.98 Å². The number of pyridine rings is 1. The number of benzene rings is 1. The normalized spacial score (nSPS) is 9.78. The van der Waals surface area contributed by atoms with E-state index < -0.39 is 4.92 Å². The minimum atomic E-state index is -0.504. The third-order valence-electron chi connectivity index (χ3n) is 2.15. The second-order valence-corrected chi connectivity index (χ2v) is 3.40. The Morgan fingerprint density at radius 2 is 2.11 bits per heavy atom. The van der Waals surface area contributed by atoms with Crippen LogP contribution in [0.3, 0.4) is 0 Å². The number of hydrogen-bond donors (Lipinski definition) is 0. The van der Waals surface area contributed by atoms with E-state index in [1.165, 1.54) is 30.5 Å². The molecule has 0 amide bonds. The zero-order valence-electron chi connectivity index (χ0n) is 9.15. The number of carbonyl (C=O) groups is 1. The predicted octanol–water partition coefficient (Wildman–Crippen LogP) is 2.59. The third-order valence-corrected chi connectivity index (χ3v) is 2.15. The second kappa shape index (κ2) is 5.05. The highest BCUT2D eigenvalue weighted by Gasteiger charge is 2.07. The van der Waals surface area contributed by atoms with Crippen LogP contribution < -0.4 is 4.74 Å². The van der Waals surface area contributed by atoms with Crippen molar-refractivity contribution in [2.45, 2.75) is 0 Å². The lowest BCUT2D eigenvalue weighted by Gasteiger charge is -2.03. The number of hydrogen-bond acceptors (Lipinski definition) is 5. The minimum absolute atomic E-state index is 0.0583. The molecule has 0 atom stereocenters. The van der Waals surface area contributed by atoms with Gasteiger partial charge in [0.15, 0.2) is 6.29 Å². The van der Waals surface area contributed by atoms with Crippen LogP contribution in [0.1, 0.15) is 10.4 Å². The van der Waals surface area contributed by atoms with Crippen LogP contribution in [0.25, 0.3) is 0 Å². The molecule has 0 spiro atoms. The van der Waals surface area contributed by atoms with Crippen LogP contribution in [0.4, 0.5) is 5.69 Å². The summed E-state index contributed by atoms with van der Waals surface area (Å²) in [6.07, 6.45) is 2.03. The maximum atomic E-state index is 10.6. The largest absolute Gasteiger partial charge is 0.439 e. The molecule has 1 heterocycles. The van der Waals surface area contributed by atoms with Gasteiger partial charge in [-0.2, -0.15) is 0 Å². The number of non-ortho nitro benzene ring substituents is 1. The van der Waals surface area contributed by atoms with Gasteiger partial charge in [-0.05, 0) is 12.1 Å². The van der Waals surface area contributed by atoms with Crippen LogP contribution in [0.15, 0.2) is 42.6 Å². The summed E-state index contributed by atoms with van der Waals surface area (Å²) in [7, 11) is 0. The molecule has 18 heavy (non-hydrogen) atoms. The first kappa shape index (κ1) is 11.7. The third kappa shape index (κ3) is 2.67. The number of carbonyl (C=O) groups excluding carboxylic acids is 1. The molecule has 0 aliphatic rings. The molecule has 1 aromatic carbocycles. The molecule has 90 valence electrons. The number of nitrogens with zero attached hydrogens (tertiary/aromatic N) is 2. The molecule has 6 heteroatoms. The van der Waals surface area contributed by atoms with Gasteiger partial charge in [0, 0.05) is 23.9 Å². The van der Waals surface area contributed by atoms with E-state index in [2.05, 4.69) is 4.98 Å². The fourth-order valence-electron chi connectivity index (χ4n) is 1.30. The highest BCUT2D eigenvalue weighted by molar-refractivity contribution is 5.74. The van der Waals surface area contributed by atoms with Gasteiger partial charge in [0.05, 0.1) is 11.0 Å². The van der Waals surface area contributed by atoms with Gasteiger partial charge in [0.2, 0.25) is 5.88 Å². The van der Waals surface area contributed by atoms with Crippen LogP contribution in [-0.2, 0) is 0 Å². The number of nitro benzene ring substituents is 1. The number of ether oxygens (including phenoxy) is 1. The number of aromatic nitrogens is 1. The Labute approximate surface area is 102 Å². The van der Waals surface area contributed by atoms with Crippen molar-refractivity contribution in [3.05, 3.63) is 58.3 Å². The fraction of sp³-hybridized carbons (Fsp3) is 0. The summed E-state index contributed by atoms with van der Waals surface area (Å²) >= 11 is 0. The maximum Gasteiger partial charge on any atom is 0.273 e. The Balaban J connectivity index is 2.19. The lowest BCUT2D eigenvalue weighted by Crippen LogP contribution is -1.91. The number of nitro groups is 1. The van der Waals surface area contributed by atoms with Crippen molar-refractivity contribution in [1.29, 1.82) is 0 Å². The Morgan fingerprint density at radius 1 is 1.28 bits per heavy atom. The Bertz CT molecular complexity index is 581. The number of aldehydes is 1. The highest BCUT2D eigenvalue weighted by Crippen LogP contribution is 2.23. The molecular weight excluding hydrogens is 236 g/mol. The van der Waals surface area contributed by atoms with Crippen molar-refractivity contribution in [3.63, 3.8) is 0 Å². The summed E-state index contributed by atoms with van der Waals surface area (Å²) in [4.78, 5) is 24.4. The van der Waals surface area contributed by atoms with Crippen molar-refractivity contribution in [2.75, 3.05) is 0 Å². The van der Waals surface area contributed by atoms with E-state index >= 15 is 0 Å². The van der Waals surface area contributed by atoms with Crippen molar-refractivity contribution in [3.8, 4) is 11.6 Å². The van der Waals surface area contributed by atoms with Gasteiger partial charge >= 0.3 is 0 Å². The molecule has 2 rings (SSSR count). The Morgan fingerprint density at radius 3 is 2.72 bits per heavy atom. The van der Waals surface area contributed by atoms with Gasteiger partial charge in [0.1, 0.15) is 5.75 Å². The molecule has 0 aliphatic carbocycles. The predicted molar refractivity (Wildman–Crippen MR) is 62.8 cm³/mol. The molecule has 0 saturated carbocycles. The van der Waals surface area contributed by atoms with Crippen molar-refractivity contribution >= 4 is 12.0 Å². The van der Waals surface area contributed by atoms with Crippen molar-refractivity contribution in [1.82, 2.24) is 4.98 Å². The van der Waals surface area contributed by atoms with Crippen LogP contribution in [0.2, 0.25) is 0 Å². The van der Waals surface area contributed by atoms with Gasteiger partial charge < -0.3 is 4.74 Å². The molecule has 0 bridgehead atoms. The monoisotopic (exact) mass is 244 g/mol. The highest BCUT2D eigenvalue weighted by atomic mass is 16.6. The summed E-state index contributed by atoms with van der Waals surface area (Å²) < 4.78 is 5.34. The molecule has 2 aromatic rings. The number of rotatable bonds is 4. The van der Waals surface area contributed by atoms with Crippen molar-refractivity contribution < 1.29 is 14.5 Å². The van der Waals surface area contributed by atoms with Gasteiger partial charge in [-0.1, -0.05) is 6.07 Å². The van der Waals surface area contributed by atoms with Gasteiger partial charge in [-0.3, -0.25) is 14.9 Å². The minimum Gasteiger partial charge on any atom is -0.439 e. The molecule has 6 nitrogen and oxygen atoms in total. The zero-order valence-corrected chi connectivity index (χ0v) is 9.15. The molecule has 0 saturated heterocycles. The van der Waals surface area contributed by atoms with E-state index in [0.29, 0.717) is 17.6 Å². The first-order valence-corrected chi connectivity index (χ1v) is 5.02. The molecule has 0 fully saturated rings. The Hall–Kier alpha value is -2.76.